The molecule has 0 aliphatic carbocycles. The van der Waals surface area contributed by atoms with Crippen LogP contribution in [0.4, 0.5) is 0 Å². The van der Waals surface area contributed by atoms with Gasteiger partial charge in [-0.05, 0) is 17.7 Å². The van der Waals surface area contributed by atoms with E-state index in [1.54, 1.807) is 7.11 Å². The van der Waals surface area contributed by atoms with Gasteiger partial charge >= 0.3 is 0 Å². The molecular formula is C10H14N2O2. The first kappa shape index (κ1) is 10.5. The normalized spacial score (nSPS) is 10.4. The molecule has 1 aromatic rings. The molecule has 0 saturated heterocycles. The molecule has 76 valence electrons. The average molecular weight is 194 g/mol. The second-order valence-electron chi connectivity index (χ2n) is 2.65. The first-order valence-corrected chi connectivity index (χ1v) is 4.33. The van der Waals surface area contributed by atoms with E-state index in [1.165, 1.54) is 6.21 Å². The number of oxime groups is 1. The Morgan fingerprint density at radius 2 is 2.07 bits per heavy atom. The molecule has 0 heterocycles. The zero-order valence-corrected chi connectivity index (χ0v) is 8.14. The minimum Gasteiger partial charge on any atom is -0.497 e. The van der Waals surface area contributed by atoms with Crippen molar-refractivity contribution in [3.05, 3.63) is 29.8 Å². The lowest BCUT2D eigenvalue weighted by atomic mass is 10.2. The van der Waals surface area contributed by atoms with E-state index in [2.05, 4.69) is 5.16 Å². The Kier molecular flexibility index (Phi) is 4.50. The van der Waals surface area contributed by atoms with Gasteiger partial charge in [0.25, 0.3) is 0 Å². The van der Waals surface area contributed by atoms with E-state index >= 15 is 0 Å². The van der Waals surface area contributed by atoms with Crippen molar-refractivity contribution < 1.29 is 9.57 Å². The molecule has 14 heavy (non-hydrogen) atoms. The van der Waals surface area contributed by atoms with Crippen LogP contribution < -0.4 is 10.5 Å². The molecule has 0 fully saturated rings. The number of nitrogens with two attached hydrogens (primary N) is 1. The third kappa shape index (κ3) is 3.45. The molecule has 0 unspecified atom stereocenters. The van der Waals surface area contributed by atoms with Gasteiger partial charge in [-0.25, -0.2) is 0 Å². The molecule has 1 rings (SSSR count). The van der Waals surface area contributed by atoms with E-state index in [-0.39, 0.29) is 0 Å². The van der Waals surface area contributed by atoms with Crippen LogP contribution in [0.25, 0.3) is 0 Å². The summed E-state index contributed by atoms with van der Waals surface area (Å²) in [5, 5.41) is 3.65. The first-order chi connectivity index (χ1) is 6.86. The highest BCUT2D eigenvalue weighted by atomic mass is 16.6. The third-order valence-electron chi connectivity index (χ3n) is 1.64. The Bertz CT molecular complexity index is 283. The van der Waals surface area contributed by atoms with Gasteiger partial charge in [0, 0.05) is 6.54 Å². The average Bonchev–Trinajstić information content (AvgIpc) is 2.25. The Hall–Kier alpha value is -1.55. The van der Waals surface area contributed by atoms with Crippen LogP contribution in [-0.4, -0.2) is 19.9 Å². The molecule has 4 nitrogen and oxygen atoms in total. The smallest absolute Gasteiger partial charge is 0.142 e. The summed E-state index contributed by atoms with van der Waals surface area (Å²) in [6, 6.07) is 7.62. The maximum absolute atomic E-state index is 5.20. The third-order valence-corrected chi connectivity index (χ3v) is 1.64. The molecule has 2 N–H and O–H groups in total. The molecule has 0 aliphatic heterocycles. The van der Waals surface area contributed by atoms with Gasteiger partial charge in [-0.2, -0.15) is 0 Å². The van der Waals surface area contributed by atoms with Crippen molar-refractivity contribution in [3.63, 3.8) is 0 Å². The molecule has 4 heteroatoms. The molecule has 0 atom stereocenters. The number of ether oxygens (including phenoxy) is 1. The highest BCUT2D eigenvalue weighted by Gasteiger charge is 1.93. The molecule has 0 saturated carbocycles. The molecule has 0 bridgehead atoms. The first-order valence-electron chi connectivity index (χ1n) is 4.33. The Balaban J connectivity index is 2.40. The van der Waals surface area contributed by atoms with Crippen LogP contribution in [0.3, 0.4) is 0 Å². The Morgan fingerprint density at radius 1 is 1.36 bits per heavy atom. The van der Waals surface area contributed by atoms with Crippen molar-refractivity contribution in [2.24, 2.45) is 10.9 Å². The van der Waals surface area contributed by atoms with E-state index < -0.39 is 0 Å². The van der Waals surface area contributed by atoms with E-state index in [4.69, 9.17) is 15.3 Å². The van der Waals surface area contributed by atoms with Gasteiger partial charge in [0.05, 0.1) is 13.3 Å². The van der Waals surface area contributed by atoms with Crippen molar-refractivity contribution in [2.45, 2.75) is 6.61 Å². The number of rotatable bonds is 5. The van der Waals surface area contributed by atoms with Crippen LogP contribution in [0.2, 0.25) is 0 Å². The fraction of sp³-hybridized carbons (Fsp3) is 0.300. The lowest BCUT2D eigenvalue weighted by molar-refractivity contribution is 0.131. The molecule has 0 radical (unpaired) electrons. The van der Waals surface area contributed by atoms with Crippen molar-refractivity contribution in [2.75, 3.05) is 13.7 Å². The van der Waals surface area contributed by atoms with E-state index in [1.807, 2.05) is 24.3 Å². The SMILES string of the molecule is COc1ccc(CON=CCN)cc1. The minimum atomic E-state index is 0.391. The van der Waals surface area contributed by atoms with Crippen LogP contribution in [-0.2, 0) is 11.4 Å². The van der Waals surface area contributed by atoms with Crippen molar-refractivity contribution in [1.29, 1.82) is 0 Å². The summed E-state index contributed by atoms with van der Waals surface area (Å²) in [6.45, 7) is 0.836. The van der Waals surface area contributed by atoms with Crippen molar-refractivity contribution in [3.8, 4) is 5.75 Å². The van der Waals surface area contributed by atoms with Crippen molar-refractivity contribution in [1.82, 2.24) is 0 Å². The predicted octanol–water partition coefficient (Wildman–Crippen LogP) is 1.16. The van der Waals surface area contributed by atoms with Gasteiger partial charge in [0.1, 0.15) is 12.4 Å². The van der Waals surface area contributed by atoms with Gasteiger partial charge in [0.15, 0.2) is 0 Å². The van der Waals surface area contributed by atoms with E-state index in [0.717, 1.165) is 11.3 Å². The number of methoxy groups -OCH3 is 1. The standard InChI is InChI=1S/C10H14N2O2/c1-13-10-4-2-9(3-5-10)8-14-12-7-6-11/h2-5,7H,6,8,11H2,1H3. The van der Waals surface area contributed by atoms with Crippen molar-refractivity contribution >= 4 is 6.21 Å². The molecule has 0 aliphatic rings. The van der Waals surface area contributed by atoms with E-state index in [0.29, 0.717) is 13.2 Å². The Morgan fingerprint density at radius 3 is 2.64 bits per heavy atom. The Labute approximate surface area is 83.3 Å². The highest BCUT2D eigenvalue weighted by molar-refractivity contribution is 5.58. The number of hydrogen-bond donors (Lipinski definition) is 1. The van der Waals surface area contributed by atoms with Gasteiger partial charge in [-0.3, -0.25) is 0 Å². The number of hydrogen-bond acceptors (Lipinski definition) is 4. The largest absolute Gasteiger partial charge is 0.497 e. The lowest BCUT2D eigenvalue weighted by Crippen LogP contribution is -1.99. The summed E-state index contributed by atoms with van der Waals surface area (Å²) in [4.78, 5) is 4.98. The molecular weight excluding hydrogens is 180 g/mol. The maximum Gasteiger partial charge on any atom is 0.142 e. The molecule has 0 spiro atoms. The fourth-order valence-electron chi connectivity index (χ4n) is 0.929. The number of nitrogens with zero attached hydrogens (tertiary/aromatic N) is 1. The van der Waals surface area contributed by atoms with Gasteiger partial charge in [-0.15, -0.1) is 0 Å². The summed E-state index contributed by atoms with van der Waals surface area (Å²) in [6.07, 6.45) is 1.52. The highest BCUT2D eigenvalue weighted by Crippen LogP contribution is 2.11. The summed E-state index contributed by atoms with van der Waals surface area (Å²) >= 11 is 0. The zero-order chi connectivity index (χ0) is 10.2. The van der Waals surface area contributed by atoms with Crippen LogP contribution in [0.5, 0.6) is 5.75 Å². The quantitative estimate of drug-likeness (QED) is 0.565. The fourth-order valence-corrected chi connectivity index (χ4v) is 0.929. The summed E-state index contributed by atoms with van der Waals surface area (Å²) in [7, 11) is 1.64. The monoisotopic (exact) mass is 194 g/mol. The molecule has 1 aromatic carbocycles. The predicted molar refractivity (Wildman–Crippen MR) is 55.3 cm³/mol. The lowest BCUT2D eigenvalue weighted by Gasteiger charge is -2.01. The zero-order valence-electron chi connectivity index (χ0n) is 8.14. The molecule has 0 aromatic heterocycles. The van der Waals surface area contributed by atoms with Gasteiger partial charge in [0.2, 0.25) is 0 Å². The van der Waals surface area contributed by atoms with Crippen LogP contribution in [0.1, 0.15) is 5.56 Å². The summed E-state index contributed by atoms with van der Waals surface area (Å²) < 4.78 is 5.03. The second kappa shape index (κ2) is 5.99. The molecule has 0 amide bonds. The van der Waals surface area contributed by atoms with Crippen LogP contribution in [0, 0.1) is 0 Å². The summed E-state index contributed by atoms with van der Waals surface area (Å²) in [5.74, 6) is 0.833. The van der Waals surface area contributed by atoms with Crippen LogP contribution in [0.15, 0.2) is 29.4 Å². The minimum absolute atomic E-state index is 0.391. The van der Waals surface area contributed by atoms with Gasteiger partial charge < -0.3 is 15.3 Å². The van der Waals surface area contributed by atoms with Gasteiger partial charge in [-0.1, -0.05) is 17.3 Å². The topological polar surface area (TPSA) is 56.8 Å². The number of benzene rings is 1. The maximum atomic E-state index is 5.20. The second-order valence-corrected chi connectivity index (χ2v) is 2.65. The van der Waals surface area contributed by atoms with Crippen LogP contribution >= 0.6 is 0 Å². The van der Waals surface area contributed by atoms with E-state index in [9.17, 15) is 0 Å². The summed E-state index contributed by atoms with van der Waals surface area (Å²) in [5.41, 5.74) is 6.24.